The van der Waals surface area contributed by atoms with Gasteiger partial charge in [-0.15, -0.1) is 0 Å². The van der Waals surface area contributed by atoms with E-state index in [1.54, 1.807) is 13.0 Å². The molecule has 5 heteroatoms. The van der Waals surface area contributed by atoms with Crippen LogP contribution in [0.15, 0.2) is 12.1 Å². The Morgan fingerprint density at radius 2 is 2.33 bits per heavy atom. The van der Waals surface area contributed by atoms with Crippen LogP contribution in [0, 0.1) is 17.1 Å². The third-order valence-electron chi connectivity index (χ3n) is 1.66. The fraction of sp³-hybridized carbons (Fsp3) is 0.200. The highest BCUT2D eigenvalue weighted by atomic mass is 35.5. The van der Waals surface area contributed by atoms with Gasteiger partial charge in [0.05, 0.1) is 12.2 Å². The second kappa shape index (κ2) is 4.76. The lowest BCUT2D eigenvalue weighted by molar-refractivity contribution is 0.0525. The van der Waals surface area contributed by atoms with Gasteiger partial charge in [0.1, 0.15) is 17.4 Å². The number of carbonyl (C=O) groups excluding carboxylic acids is 1. The highest BCUT2D eigenvalue weighted by Gasteiger charge is 2.17. The summed E-state index contributed by atoms with van der Waals surface area (Å²) in [4.78, 5) is 11.3. The summed E-state index contributed by atoms with van der Waals surface area (Å²) >= 11 is 5.57. The van der Waals surface area contributed by atoms with Crippen molar-refractivity contribution in [2.24, 2.45) is 0 Å². The summed E-state index contributed by atoms with van der Waals surface area (Å²) in [5.41, 5.74) is -0.498. The molecule has 0 N–H and O–H groups in total. The lowest BCUT2D eigenvalue weighted by Gasteiger charge is -2.04. The lowest BCUT2D eigenvalue weighted by atomic mass is 10.1. The van der Waals surface area contributed by atoms with Gasteiger partial charge in [-0.2, -0.15) is 5.26 Å². The Hall–Kier alpha value is -1.60. The zero-order chi connectivity index (χ0) is 11.4. The molecule has 0 saturated heterocycles. The number of nitrogens with zero attached hydrogens (tertiary/aromatic N) is 1. The second-order valence-electron chi connectivity index (χ2n) is 2.64. The second-order valence-corrected chi connectivity index (χ2v) is 3.08. The Kier molecular flexibility index (Phi) is 3.64. The topological polar surface area (TPSA) is 50.1 Å². The first-order valence-electron chi connectivity index (χ1n) is 4.16. The van der Waals surface area contributed by atoms with Gasteiger partial charge in [-0.05, 0) is 19.1 Å². The molecule has 0 saturated carbocycles. The fourth-order valence-electron chi connectivity index (χ4n) is 1.06. The zero-order valence-electron chi connectivity index (χ0n) is 7.88. The van der Waals surface area contributed by atoms with Crippen molar-refractivity contribution in [3.05, 3.63) is 34.1 Å². The molecule has 0 aliphatic carbocycles. The van der Waals surface area contributed by atoms with Crippen LogP contribution in [0.4, 0.5) is 4.39 Å². The van der Waals surface area contributed by atoms with Crippen LogP contribution in [0.5, 0.6) is 0 Å². The van der Waals surface area contributed by atoms with E-state index >= 15 is 0 Å². The third kappa shape index (κ3) is 2.45. The van der Waals surface area contributed by atoms with Gasteiger partial charge in [-0.25, -0.2) is 9.18 Å². The van der Waals surface area contributed by atoms with Crippen molar-refractivity contribution in [3.8, 4) is 6.07 Å². The molecule has 1 aromatic carbocycles. The van der Waals surface area contributed by atoms with Crippen molar-refractivity contribution < 1.29 is 13.9 Å². The highest BCUT2D eigenvalue weighted by Crippen LogP contribution is 2.20. The lowest BCUT2D eigenvalue weighted by Crippen LogP contribution is -2.08. The fourth-order valence-corrected chi connectivity index (χ4v) is 1.26. The Morgan fingerprint density at radius 1 is 1.67 bits per heavy atom. The van der Waals surface area contributed by atoms with E-state index in [0.717, 1.165) is 6.07 Å². The molecule has 0 aliphatic heterocycles. The van der Waals surface area contributed by atoms with Crippen LogP contribution in [0.3, 0.4) is 0 Å². The van der Waals surface area contributed by atoms with Crippen molar-refractivity contribution in [3.63, 3.8) is 0 Å². The summed E-state index contributed by atoms with van der Waals surface area (Å²) in [5.74, 6) is -1.58. The number of carbonyl (C=O) groups is 1. The molecule has 0 heterocycles. The van der Waals surface area contributed by atoms with E-state index in [1.807, 2.05) is 0 Å². The molecule has 0 spiro atoms. The van der Waals surface area contributed by atoms with E-state index in [0.29, 0.717) is 0 Å². The molecule has 0 unspecified atom stereocenters. The van der Waals surface area contributed by atoms with Gasteiger partial charge in [-0.3, -0.25) is 0 Å². The first kappa shape index (κ1) is 11.5. The molecule has 1 aromatic rings. The molecule has 15 heavy (non-hydrogen) atoms. The third-order valence-corrected chi connectivity index (χ3v) is 1.88. The average molecular weight is 228 g/mol. The zero-order valence-corrected chi connectivity index (χ0v) is 8.64. The molecule has 0 bridgehead atoms. The summed E-state index contributed by atoms with van der Waals surface area (Å²) < 4.78 is 17.9. The smallest absolute Gasteiger partial charge is 0.339 e. The van der Waals surface area contributed by atoms with E-state index in [1.165, 1.54) is 6.07 Å². The molecular weight excluding hydrogens is 221 g/mol. The van der Waals surface area contributed by atoms with Crippen LogP contribution in [-0.4, -0.2) is 12.6 Å². The molecule has 0 aromatic heterocycles. The van der Waals surface area contributed by atoms with Crippen molar-refractivity contribution >= 4 is 17.6 Å². The van der Waals surface area contributed by atoms with Crippen molar-refractivity contribution in [2.45, 2.75) is 6.92 Å². The first-order valence-corrected chi connectivity index (χ1v) is 4.54. The predicted octanol–water partition coefficient (Wildman–Crippen LogP) is 2.53. The summed E-state index contributed by atoms with van der Waals surface area (Å²) in [6, 6.07) is 3.78. The number of esters is 1. The maximum atomic E-state index is 13.2. The van der Waals surface area contributed by atoms with Gasteiger partial charge in [0, 0.05) is 5.02 Å². The molecule has 78 valence electrons. The Labute approximate surface area is 91.0 Å². The number of rotatable bonds is 2. The number of benzene rings is 1. The Morgan fingerprint density at radius 3 is 2.87 bits per heavy atom. The molecule has 0 atom stereocenters. The van der Waals surface area contributed by atoms with Crippen molar-refractivity contribution in [1.82, 2.24) is 0 Å². The first-order chi connectivity index (χ1) is 7.10. The maximum absolute atomic E-state index is 13.2. The summed E-state index contributed by atoms with van der Waals surface area (Å²) in [7, 11) is 0. The van der Waals surface area contributed by atoms with Crippen molar-refractivity contribution in [1.29, 1.82) is 5.26 Å². The van der Waals surface area contributed by atoms with E-state index in [9.17, 15) is 9.18 Å². The molecule has 0 aliphatic rings. The van der Waals surface area contributed by atoms with Crippen LogP contribution in [-0.2, 0) is 4.74 Å². The van der Waals surface area contributed by atoms with Gasteiger partial charge in [0.2, 0.25) is 0 Å². The summed E-state index contributed by atoms with van der Waals surface area (Å²) in [6.45, 7) is 1.77. The van der Waals surface area contributed by atoms with E-state index in [2.05, 4.69) is 4.74 Å². The van der Waals surface area contributed by atoms with Gasteiger partial charge < -0.3 is 4.74 Å². The largest absolute Gasteiger partial charge is 0.462 e. The molecular formula is C10H7ClFNO2. The molecule has 1 rings (SSSR count). The van der Waals surface area contributed by atoms with Gasteiger partial charge in [0.15, 0.2) is 0 Å². The number of ether oxygens (including phenoxy) is 1. The van der Waals surface area contributed by atoms with Crippen LogP contribution in [0.2, 0.25) is 5.02 Å². The van der Waals surface area contributed by atoms with Crippen LogP contribution in [0.25, 0.3) is 0 Å². The van der Waals surface area contributed by atoms with Gasteiger partial charge >= 0.3 is 5.97 Å². The number of halogens is 2. The predicted molar refractivity (Wildman–Crippen MR) is 52.1 cm³/mol. The van der Waals surface area contributed by atoms with Crippen molar-refractivity contribution in [2.75, 3.05) is 6.61 Å². The SMILES string of the molecule is CCOC(=O)c1cc(Cl)cc(F)c1C#N. The summed E-state index contributed by atoms with van der Waals surface area (Å²) in [6.07, 6.45) is 0. The number of hydrogen-bond donors (Lipinski definition) is 0. The van der Waals surface area contributed by atoms with Crippen LogP contribution < -0.4 is 0 Å². The standard InChI is InChI=1S/C10H7ClFNO2/c1-2-15-10(14)7-3-6(11)4-9(12)8(7)5-13/h3-4H,2H2,1H3. The average Bonchev–Trinajstić information content (AvgIpc) is 2.17. The molecule has 0 radical (unpaired) electrons. The maximum Gasteiger partial charge on any atom is 0.339 e. The Balaban J connectivity index is 3.28. The minimum atomic E-state index is -0.826. The number of nitriles is 1. The van der Waals surface area contributed by atoms with E-state index in [-0.39, 0.29) is 22.8 Å². The molecule has 0 amide bonds. The normalized spacial score (nSPS) is 9.47. The molecule has 3 nitrogen and oxygen atoms in total. The minimum absolute atomic E-state index is 0.0505. The van der Waals surface area contributed by atoms with Gasteiger partial charge in [0.25, 0.3) is 0 Å². The Bertz CT molecular complexity index is 440. The monoisotopic (exact) mass is 227 g/mol. The van der Waals surface area contributed by atoms with Gasteiger partial charge in [-0.1, -0.05) is 11.6 Å². The van der Waals surface area contributed by atoms with Crippen LogP contribution in [0.1, 0.15) is 22.8 Å². The van der Waals surface area contributed by atoms with E-state index in [4.69, 9.17) is 16.9 Å². The quantitative estimate of drug-likeness (QED) is 0.730. The number of hydrogen-bond acceptors (Lipinski definition) is 3. The van der Waals surface area contributed by atoms with E-state index < -0.39 is 11.8 Å². The highest BCUT2D eigenvalue weighted by molar-refractivity contribution is 6.31. The molecule has 0 fully saturated rings. The summed E-state index contributed by atoms with van der Waals surface area (Å²) in [5, 5.41) is 8.72. The minimum Gasteiger partial charge on any atom is -0.462 e. The van der Waals surface area contributed by atoms with Crippen LogP contribution >= 0.6 is 11.6 Å².